The van der Waals surface area contributed by atoms with Gasteiger partial charge >= 0.3 is 0 Å². The van der Waals surface area contributed by atoms with Crippen LogP contribution in [0.1, 0.15) is 28.8 Å². The number of carbonyl (C=O) groups is 2. The maximum atomic E-state index is 12.0. The number of rotatable bonds is 2. The number of carbonyl (C=O) groups excluding carboxylic acids is 2. The van der Waals surface area contributed by atoms with Gasteiger partial charge in [-0.3, -0.25) is 25.8 Å². The molecule has 0 aliphatic heterocycles. The monoisotopic (exact) mass is 403 g/mol. The van der Waals surface area contributed by atoms with Crippen LogP contribution in [0.25, 0.3) is 0 Å². The summed E-state index contributed by atoms with van der Waals surface area (Å²) in [6, 6.07) is 5.40. The number of amides is 2. The summed E-state index contributed by atoms with van der Waals surface area (Å²) < 4.78 is 1.01. The molecule has 2 rings (SSSR count). The van der Waals surface area contributed by atoms with E-state index in [0.717, 1.165) is 22.0 Å². The molecule has 2 amide bonds. The lowest BCUT2D eigenvalue weighted by Gasteiger charge is -2.10. The van der Waals surface area contributed by atoms with Gasteiger partial charge in [-0.2, -0.15) is 0 Å². The first kappa shape index (κ1) is 15.2. The summed E-state index contributed by atoms with van der Waals surface area (Å²) in [6.07, 6.45) is 1.82. The van der Waals surface area contributed by atoms with Gasteiger partial charge < -0.3 is 0 Å². The molecule has 1 aromatic carbocycles. The van der Waals surface area contributed by atoms with Crippen molar-refractivity contribution < 1.29 is 9.59 Å². The average molecular weight is 403 g/mol. The molecule has 7 heteroatoms. The van der Waals surface area contributed by atoms with E-state index < -0.39 is 0 Å². The number of thiocarbonyl (C=S) groups is 1. The normalized spacial score (nSPS) is 13.5. The smallest absolute Gasteiger partial charge is 0.257 e. The van der Waals surface area contributed by atoms with E-state index in [-0.39, 0.29) is 22.8 Å². The van der Waals surface area contributed by atoms with Gasteiger partial charge in [-0.15, -0.1) is 0 Å². The number of nitrogens with one attached hydrogen (secondary N) is 3. The fourth-order valence-electron chi connectivity index (χ4n) is 1.51. The minimum Gasteiger partial charge on any atom is -0.298 e. The van der Waals surface area contributed by atoms with Crippen molar-refractivity contribution in [3.05, 3.63) is 32.9 Å². The summed E-state index contributed by atoms with van der Waals surface area (Å²) in [5, 5.41) is 2.60. The van der Waals surface area contributed by atoms with Gasteiger partial charge in [-0.25, -0.2) is 0 Å². The molecule has 0 saturated heterocycles. The third-order valence-corrected chi connectivity index (χ3v) is 4.27. The fourth-order valence-corrected chi connectivity index (χ4v) is 2.17. The Morgan fingerprint density at radius 1 is 1.30 bits per heavy atom. The number of hydrogen-bond acceptors (Lipinski definition) is 3. The van der Waals surface area contributed by atoms with Gasteiger partial charge in [0.05, 0.1) is 0 Å². The van der Waals surface area contributed by atoms with Gasteiger partial charge in [0.2, 0.25) is 5.91 Å². The molecule has 0 spiro atoms. The SMILES string of the molecule is Cc1ccc(C(=O)NC(=S)NNC(=O)C2CC2)cc1I. The van der Waals surface area contributed by atoms with Crippen LogP contribution in [0.15, 0.2) is 18.2 Å². The second-order valence-electron chi connectivity index (χ2n) is 4.64. The number of hydrazine groups is 1. The Morgan fingerprint density at radius 2 is 2.00 bits per heavy atom. The number of benzene rings is 1. The molecule has 0 radical (unpaired) electrons. The van der Waals surface area contributed by atoms with Crippen LogP contribution < -0.4 is 16.2 Å². The molecule has 5 nitrogen and oxygen atoms in total. The topological polar surface area (TPSA) is 70.2 Å². The molecular formula is C13H14IN3O2S. The van der Waals surface area contributed by atoms with E-state index in [1.165, 1.54) is 0 Å². The summed E-state index contributed by atoms with van der Waals surface area (Å²) in [4.78, 5) is 23.4. The summed E-state index contributed by atoms with van der Waals surface area (Å²) in [6.45, 7) is 1.98. The quantitative estimate of drug-likeness (QED) is 0.399. The Balaban J connectivity index is 1.84. The Kier molecular flexibility index (Phi) is 4.92. The van der Waals surface area contributed by atoms with Crippen LogP contribution >= 0.6 is 34.8 Å². The van der Waals surface area contributed by atoms with E-state index >= 15 is 0 Å². The largest absolute Gasteiger partial charge is 0.298 e. The standard InChI is InChI=1S/C13H14IN3O2S/c1-7-2-3-9(6-10(7)14)11(18)15-13(20)17-16-12(19)8-4-5-8/h2-3,6,8H,4-5H2,1H3,(H,16,19)(H2,15,17,18,20). The van der Waals surface area contributed by atoms with Gasteiger partial charge in [0.1, 0.15) is 0 Å². The first-order valence-electron chi connectivity index (χ1n) is 6.14. The van der Waals surface area contributed by atoms with Crippen molar-refractivity contribution >= 4 is 51.7 Å². The molecular weight excluding hydrogens is 389 g/mol. The number of hydrogen-bond donors (Lipinski definition) is 3. The molecule has 106 valence electrons. The molecule has 1 saturated carbocycles. The van der Waals surface area contributed by atoms with Gasteiger partial charge in [-0.05, 0) is 72.3 Å². The zero-order valence-corrected chi connectivity index (χ0v) is 13.8. The molecule has 1 aliphatic rings. The summed E-state index contributed by atoms with van der Waals surface area (Å²) >= 11 is 7.13. The minimum atomic E-state index is -0.305. The lowest BCUT2D eigenvalue weighted by molar-refractivity contribution is -0.122. The zero-order chi connectivity index (χ0) is 14.7. The van der Waals surface area contributed by atoms with E-state index in [1.807, 2.05) is 13.0 Å². The van der Waals surface area contributed by atoms with Crippen LogP contribution in [-0.2, 0) is 4.79 Å². The molecule has 0 atom stereocenters. The molecule has 1 aromatic rings. The molecule has 20 heavy (non-hydrogen) atoms. The second-order valence-corrected chi connectivity index (χ2v) is 6.21. The van der Waals surface area contributed by atoms with Crippen molar-refractivity contribution in [3.63, 3.8) is 0 Å². The van der Waals surface area contributed by atoms with Crippen molar-refractivity contribution in [1.82, 2.24) is 16.2 Å². The van der Waals surface area contributed by atoms with E-state index in [0.29, 0.717) is 5.56 Å². The van der Waals surface area contributed by atoms with Crippen molar-refractivity contribution in [1.29, 1.82) is 0 Å². The first-order valence-corrected chi connectivity index (χ1v) is 7.63. The molecule has 1 fully saturated rings. The van der Waals surface area contributed by atoms with Crippen LogP contribution in [0.4, 0.5) is 0 Å². The Morgan fingerprint density at radius 3 is 2.60 bits per heavy atom. The van der Waals surface area contributed by atoms with Gasteiger partial charge in [0.15, 0.2) is 5.11 Å². The summed E-state index contributed by atoms with van der Waals surface area (Å²) in [5.74, 6) is -0.313. The first-order chi connectivity index (χ1) is 9.47. The highest BCUT2D eigenvalue weighted by Gasteiger charge is 2.29. The predicted octanol–water partition coefficient (Wildman–Crippen LogP) is 1.65. The Hall–Kier alpha value is -1.22. The summed E-state index contributed by atoms with van der Waals surface area (Å²) in [7, 11) is 0. The maximum absolute atomic E-state index is 12.0. The van der Waals surface area contributed by atoms with E-state index in [9.17, 15) is 9.59 Å². The van der Waals surface area contributed by atoms with Gasteiger partial charge in [-0.1, -0.05) is 6.07 Å². The lowest BCUT2D eigenvalue weighted by Crippen LogP contribution is -2.48. The minimum absolute atomic E-state index is 0.0829. The van der Waals surface area contributed by atoms with Crippen molar-refractivity contribution in [2.24, 2.45) is 5.92 Å². The van der Waals surface area contributed by atoms with E-state index in [4.69, 9.17) is 12.2 Å². The molecule has 0 aromatic heterocycles. The van der Waals surface area contributed by atoms with Gasteiger partial charge in [0.25, 0.3) is 5.91 Å². The maximum Gasteiger partial charge on any atom is 0.257 e. The van der Waals surface area contributed by atoms with Crippen LogP contribution in [0, 0.1) is 16.4 Å². The highest BCUT2D eigenvalue weighted by Crippen LogP contribution is 2.28. The lowest BCUT2D eigenvalue weighted by atomic mass is 10.1. The molecule has 0 unspecified atom stereocenters. The predicted molar refractivity (Wildman–Crippen MR) is 88.0 cm³/mol. The van der Waals surface area contributed by atoms with Crippen LogP contribution in [0.3, 0.4) is 0 Å². The Bertz CT molecular complexity index is 573. The number of halogens is 1. The molecule has 3 N–H and O–H groups in total. The highest BCUT2D eigenvalue weighted by molar-refractivity contribution is 14.1. The Labute approximate surface area is 136 Å². The third-order valence-electron chi connectivity index (χ3n) is 2.91. The molecule has 0 heterocycles. The zero-order valence-electron chi connectivity index (χ0n) is 10.8. The third kappa shape index (κ3) is 4.14. The van der Waals surface area contributed by atoms with Crippen LogP contribution in [-0.4, -0.2) is 16.9 Å². The molecule has 0 bridgehead atoms. The number of aryl methyl sites for hydroxylation is 1. The van der Waals surface area contributed by atoms with Crippen molar-refractivity contribution in [3.8, 4) is 0 Å². The van der Waals surface area contributed by atoms with Crippen LogP contribution in [0.2, 0.25) is 0 Å². The fraction of sp³-hybridized carbons (Fsp3) is 0.308. The summed E-state index contributed by atoms with van der Waals surface area (Å²) in [5.41, 5.74) is 6.64. The van der Waals surface area contributed by atoms with Crippen LogP contribution in [0.5, 0.6) is 0 Å². The van der Waals surface area contributed by atoms with Crippen molar-refractivity contribution in [2.75, 3.05) is 0 Å². The van der Waals surface area contributed by atoms with Crippen molar-refractivity contribution in [2.45, 2.75) is 19.8 Å². The van der Waals surface area contributed by atoms with Gasteiger partial charge in [0, 0.05) is 15.1 Å². The average Bonchev–Trinajstić information content (AvgIpc) is 3.23. The second kappa shape index (κ2) is 6.49. The molecule has 1 aliphatic carbocycles. The van der Waals surface area contributed by atoms with E-state index in [2.05, 4.69) is 38.8 Å². The highest BCUT2D eigenvalue weighted by atomic mass is 127. The van der Waals surface area contributed by atoms with E-state index in [1.54, 1.807) is 12.1 Å².